The minimum absolute atomic E-state index is 0.0376. The lowest BCUT2D eigenvalue weighted by Crippen LogP contribution is -2.20. The highest BCUT2D eigenvalue weighted by atomic mass is 16.2. The van der Waals surface area contributed by atoms with Crippen molar-refractivity contribution in [3.05, 3.63) is 19.1 Å². The van der Waals surface area contributed by atoms with Gasteiger partial charge in [-0.1, -0.05) is 0 Å². The van der Waals surface area contributed by atoms with Crippen LogP contribution in [0.5, 0.6) is 0 Å². The van der Waals surface area contributed by atoms with Gasteiger partial charge in [-0.15, -0.1) is 0 Å². The van der Waals surface area contributed by atoms with Gasteiger partial charge in [0.15, 0.2) is 0 Å². The van der Waals surface area contributed by atoms with E-state index in [4.69, 9.17) is 0 Å². The van der Waals surface area contributed by atoms with E-state index in [0.29, 0.717) is 0 Å². The number of carbonyl (C=O) groups is 1. The van der Waals surface area contributed by atoms with Crippen LogP contribution in [0.1, 0.15) is 6.92 Å². The second-order valence-electron chi connectivity index (χ2n) is 2.01. The smallest absolute Gasteiger partial charge is 0.225 e. The molecule has 0 spiro atoms. The first-order valence-corrected chi connectivity index (χ1v) is 2.74. The fourth-order valence-electron chi connectivity index (χ4n) is 0.636. The second-order valence-corrected chi connectivity index (χ2v) is 2.01. The van der Waals surface area contributed by atoms with Crippen LogP contribution in [0.2, 0.25) is 0 Å². The summed E-state index contributed by atoms with van der Waals surface area (Å²) in [5, 5.41) is 0. The molecule has 0 aromatic rings. The Balaban J connectivity index is 2.50. The van der Waals surface area contributed by atoms with Crippen LogP contribution in [0.25, 0.3) is 0 Å². The summed E-state index contributed by atoms with van der Waals surface area (Å²) < 4.78 is 0. The van der Waals surface area contributed by atoms with E-state index in [1.807, 2.05) is 18.1 Å². The molecular weight excluding hydrogens is 116 g/mol. The fourth-order valence-corrected chi connectivity index (χ4v) is 0.636. The number of carbonyl (C=O) groups excluding carboxylic acids is 1. The third kappa shape index (κ3) is 1.22. The maximum atomic E-state index is 10.6. The Kier molecular flexibility index (Phi) is 1.42. The molecule has 1 aliphatic rings. The van der Waals surface area contributed by atoms with Gasteiger partial charge >= 0.3 is 0 Å². The molecule has 1 aliphatic heterocycles. The number of amides is 1. The van der Waals surface area contributed by atoms with Crippen LogP contribution in [-0.4, -0.2) is 22.8 Å². The Hall–Kier alpha value is -0.990. The average molecular weight is 125 g/mol. The second kappa shape index (κ2) is 2.09. The van der Waals surface area contributed by atoms with Crippen LogP contribution in [0.15, 0.2) is 12.4 Å². The van der Waals surface area contributed by atoms with Crippen molar-refractivity contribution in [2.75, 3.05) is 7.05 Å². The van der Waals surface area contributed by atoms with E-state index < -0.39 is 0 Å². The number of nitrogens with zero attached hydrogens (tertiary/aromatic N) is 2. The zero-order chi connectivity index (χ0) is 6.85. The topological polar surface area (TPSA) is 23.6 Å². The lowest BCUT2D eigenvalue weighted by atomic mass is 10.6. The average Bonchev–Trinajstić information content (AvgIpc) is 2.14. The highest BCUT2D eigenvalue weighted by Gasteiger charge is 2.11. The third-order valence-corrected chi connectivity index (χ3v) is 1.13. The van der Waals surface area contributed by atoms with Crippen molar-refractivity contribution in [1.82, 2.24) is 9.80 Å². The maximum Gasteiger partial charge on any atom is 0.225 e. The molecule has 0 atom stereocenters. The molecule has 0 aliphatic carbocycles. The van der Waals surface area contributed by atoms with Gasteiger partial charge in [-0.2, -0.15) is 0 Å². The molecule has 0 saturated carbocycles. The summed E-state index contributed by atoms with van der Waals surface area (Å²) in [6, 6.07) is 0. The molecule has 9 heavy (non-hydrogen) atoms. The van der Waals surface area contributed by atoms with E-state index in [1.165, 1.54) is 11.8 Å². The molecule has 1 heterocycles. The largest absolute Gasteiger partial charge is 0.355 e. The monoisotopic (exact) mass is 125 g/mol. The van der Waals surface area contributed by atoms with Gasteiger partial charge in [0.25, 0.3) is 0 Å². The Bertz CT molecular complexity index is 153. The van der Waals surface area contributed by atoms with Gasteiger partial charge in [0, 0.05) is 26.4 Å². The van der Waals surface area contributed by atoms with Crippen LogP contribution in [0.3, 0.4) is 0 Å². The number of hydrogen-bond donors (Lipinski definition) is 0. The van der Waals surface area contributed by atoms with Crippen molar-refractivity contribution < 1.29 is 4.79 Å². The Morgan fingerprint density at radius 2 is 2.11 bits per heavy atom. The van der Waals surface area contributed by atoms with Gasteiger partial charge in [0.2, 0.25) is 5.91 Å². The van der Waals surface area contributed by atoms with E-state index in [9.17, 15) is 4.79 Å². The summed E-state index contributed by atoms with van der Waals surface area (Å²) >= 11 is 0. The molecule has 1 radical (unpaired) electrons. The van der Waals surface area contributed by atoms with E-state index >= 15 is 0 Å². The van der Waals surface area contributed by atoms with E-state index in [-0.39, 0.29) is 5.91 Å². The van der Waals surface area contributed by atoms with Crippen LogP contribution < -0.4 is 0 Å². The maximum absolute atomic E-state index is 10.6. The highest BCUT2D eigenvalue weighted by molar-refractivity contribution is 5.75. The summed E-state index contributed by atoms with van der Waals surface area (Å²) in [5.41, 5.74) is 0. The van der Waals surface area contributed by atoms with Crippen molar-refractivity contribution in [3.63, 3.8) is 0 Å². The van der Waals surface area contributed by atoms with Crippen LogP contribution in [0, 0.1) is 6.67 Å². The first kappa shape index (κ1) is 6.13. The zero-order valence-corrected chi connectivity index (χ0v) is 5.53. The molecule has 0 fully saturated rings. The molecule has 0 aromatic carbocycles. The van der Waals surface area contributed by atoms with Gasteiger partial charge in [-0.05, 0) is 0 Å². The van der Waals surface area contributed by atoms with Crippen molar-refractivity contribution in [1.29, 1.82) is 0 Å². The SMILES string of the molecule is CC(=O)N1[CH]N(C)C=C1. The van der Waals surface area contributed by atoms with Crippen molar-refractivity contribution >= 4 is 5.91 Å². The van der Waals surface area contributed by atoms with Gasteiger partial charge in [0.1, 0.15) is 6.67 Å². The molecule has 1 amide bonds. The normalized spacial score (nSPS) is 17.1. The summed E-state index contributed by atoms with van der Waals surface area (Å²) in [7, 11) is 1.87. The van der Waals surface area contributed by atoms with Crippen molar-refractivity contribution in [2.45, 2.75) is 6.92 Å². The molecule has 0 unspecified atom stereocenters. The number of hydrogen-bond acceptors (Lipinski definition) is 2. The molecule has 0 aromatic heterocycles. The van der Waals surface area contributed by atoms with Gasteiger partial charge in [-0.25, -0.2) is 0 Å². The quantitative estimate of drug-likeness (QED) is 0.467. The summed E-state index contributed by atoms with van der Waals surface area (Å²) in [6.45, 7) is 3.25. The third-order valence-electron chi connectivity index (χ3n) is 1.13. The molecule has 0 bridgehead atoms. The van der Waals surface area contributed by atoms with Crippen molar-refractivity contribution in [3.8, 4) is 0 Å². The van der Waals surface area contributed by atoms with Gasteiger partial charge in [-0.3, -0.25) is 9.69 Å². The summed E-state index contributed by atoms with van der Waals surface area (Å²) in [6.07, 6.45) is 3.55. The lowest BCUT2D eigenvalue weighted by Gasteiger charge is -2.11. The minimum atomic E-state index is 0.0376. The fraction of sp³-hybridized carbons (Fsp3) is 0.333. The highest BCUT2D eigenvalue weighted by Crippen LogP contribution is 2.07. The number of rotatable bonds is 0. The van der Waals surface area contributed by atoms with E-state index in [0.717, 1.165) is 0 Å². The zero-order valence-electron chi connectivity index (χ0n) is 5.53. The van der Waals surface area contributed by atoms with E-state index in [1.54, 1.807) is 12.9 Å². The lowest BCUT2D eigenvalue weighted by molar-refractivity contribution is -0.125. The van der Waals surface area contributed by atoms with Crippen LogP contribution in [0.4, 0.5) is 0 Å². The molecule has 3 heteroatoms. The predicted octanol–water partition coefficient (Wildman–Crippen LogP) is 0.371. The Morgan fingerprint density at radius 3 is 2.33 bits per heavy atom. The van der Waals surface area contributed by atoms with Gasteiger partial charge in [0.05, 0.1) is 0 Å². The standard InChI is InChI=1S/C6H9N2O/c1-6(9)8-4-3-7(2)5-8/h3-5H,1-2H3. The summed E-state index contributed by atoms with van der Waals surface area (Å²) in [5.74, 6) is 0.0376. The summed E-state index contributed by atoms with van der Waals surface area (Å²) in [4.78, 5) is 14.0. The molecule has 3 nitrogen and oxygen atoms in total. The molecule has 49 valence electrons. The first-order valence-electron chi connectivity index (χ1n) is 2.74. The van der Waals surface area contributed by atoms with Crippen LogP contribution in [-0.2, 0) is 4.79 Å². The Labute approximate surface area is 54.5 Å². The molecular formula is C6H9N2O. The molecule has 0 N–H and O–H groups in total. The van der Waals surface area contributed by atoms with Crippen LogP contribution >= 0.6 is 0 Å². The molecule has 1 rings (SSSR count). The first-order chi connectivity index (χ1) is 4.20. The van der Waals surface area contributed by atoms with E-state index in [2.05, 4.69) is 0 Å². The van der Waals surface area contributed by atoms with Gasteiger partial charge < -0.3 is 4.90 Å². The Morgan fingerprint density at radius 1 is 1.44 bits per heavy atom. The molecule has 0 saturated heterocycles. The minimum Gasteiger partial charge on any atom is -0.355 e. The predicted molar refractivity (Wildman–Crippen MR) is 33.7 cm³/mol. The van der Waals surface area contributed by atoms with Crippen molar-refractivity contribution in [2.24, 2.45) is 0 Å².